The number of hydrogen-bond donors (Lipinski definition) is 2. The van der Waals surface area contributed by atoms with Crippen LogP contribution in [0.25, 0.3) is 0 Å². The summed E-state index contributed by atoms with van der Waals surface area (Å²) in [5.74, 6) is -0.158. The standard InChI is InChI=1S/C5H11N3O3S/c1-4(9)7-5-2-8(3-5)12(6,10)11/h5H,2-3H2,1H3,(H,7,9)(H2,6,10,11). The lowest BCUT2D eigenvalue weighted by Gasteiger charge is -2.36. The van der Waals surface area contributed by atoms with E-state index >= 15 is 0 Å². The fourth-order valence-electron chi connectivity index (χ4n) is 1.02. The van der Waals surface area contributed by atoms with Crippen molar-refractivity contribution in [2.24, 2.45) is 5.14 Å². The van der Waals surface area contributed by atoms with Gasteiger partial charge in [0.15, 0.2) is 0 Å². The fraction of sp³-hybridized carbons (Fsp3) is 0.800. The number of nitrogens with two attached hydrogens (primary N) is 1. The molecule has 0 spiro atoms. The van der Waals surface area contributed by atoms with Gasteiger partial charge in [-0.15, -0.1) is 0 Å². The first-order chi connectivity index (χ1) is 5.39. The minimum absolute atomic E-state index is 0.0826. The molecule has 1 aliphatic heterocycles. The third-order valence-electron chi connectivity index (χ3n) is 1.62. The van der Waals surface area contributed by atoms with Crippen LogP contribution in [0.15, 0.2) is 0 Å². The van der Waals surface area contributed by atoms with Gasteiger partial charge in [-0.05, 0) is 0 Å². The van der Waals surface area contributed by atoms with Crippen molar-refractivity contribution in [2.75, 3.05) is 13.1 Å². The van der Waals surface area contributed by atoms with Gasteiger partial charge >= 0.3 is 0 Å². The van der Waals surface area contributed by atoms with Crippen LogP contribution in [0.1, 0.15) is 6.92 Å². The number of amides is 1. The Labute approximate surface area is 70.9 Å². The Bertz CT molecular complexity index is 280. The largest absolute Gasteiger partial charge is 0.351 e. The van der Waals surface area contributed by atoms with Gasteiger partial charge in [0.1, 0.15) is 0 Å². The molecule has 70 valence electrons. The van der Waals surface area contributed by atoms with Gasteiger partial charge in [-0.25, -0.2) is 5.14 Å². The zero-order valence-corrected chi connectivity index (χ0v) is 7.47. The summed E-state index contributed by atoms with van der Waals surface area (Å²) in [4.78, 5) is 10.5. The van der Waals surface area contributed by atoms with Gasteiger partial charge < -0.3 is 5.32 Å². The molecule has 0 aromatic rings. The van der Waals surface area contributed by atoms with Crippen molar-refractivity contribution >= 4 is 16.1 Å². The Kier molecular flexibility index (Phi) is 2.36. The third-order valence-corrected chi connectivity index (χ3v) is 2.63. The van der Waals surface area contributed by atoms with Crippen molar-refractivity contribution in [3.8, 4) is 0 Å². The van der Waals surface area contributed by atoms with Crippen LogP contribution in [0, 0.1) is 0 Å². The molecule has 7 heteroatoms. The maximum Gasteiger partial charge on any atom is 0.277 e. The highest BCUT2D eigenvalue weighted by atomic mass is 32.2. The molecule has 1 saturated heterocycles. The van der Waals surface area contributed by atoms with Crippen LogP contribution < -0.4 is 10.5 Å². The average Bonchev–Trinajstić information content (AvgIpc) is 1.73. The molecular formula is C5H11N3O3S. The summed E-state index contributed by atoms with van der Waals surface area (Å²) in [6.07, 6.45) is 0. The van der Waals surface area contributed by atoms with E-state index in [1.54, 1.807) is 0 Å². The highest BCUT2D eigenvalue weighted by Gasteiger charge is 2.33. The second-order valence-corrected chi connectivity index (χ2v) is 4.31. The van der Waals surface area contributed by atoms with Gasteiger partial charge in [0, 0.05) is 20.0 Å². The SMILES string of the molecule is CC(=O)NC1CN(S(N)(=O)=O)C1. The first-order valence-corrected chi connectivity index (χ1v) is 4.95. The molecule has 0 radical (unpaired) electrons. The predicted octanol–water partition coefficient (Wildman–Crippen LogP) is -1.99. The maximum atomic E-state index is 10.6. The van der Waals surface area contributed by atoms with Crippen LogP contribution >= 0.6 is 0 Å². The summed E-state index contributed by atoms with van der Waals surface area (Å²) in [6.45, 7) is 1.94. The topological polar surface area (TPSA) is 92.5 Å². The van der Waals surface area contributed by atoms with Gasteiger partial charge in [-0.3, -0.25) is 4.79 Å². The number of carbonyl (C=O) groups excluding carboxylic acids is 1. The first kappa shape index (κ1) is 9.43. The molecule has 0 aromatic heterocycles. The minimum atomic E-state index is -3.55. The van der Waals surface area contributed by atoms with Gasteiger partial charge in [-0.1, -0.05) is 0 Å². The summed E-state index contributed by atoms with van der Waals surface area (Å²) in [7, 11) is -3.55. The van der Waals surface area contributed by atoms with E-state index < -0.39 is 10.2 Å². The quantitative estimate of drug-likeness (QED) is 0.531. The van der Waals surface area contributed by atoms with Crippen molar-refractivity contribution in [1.82, 2.24) is 9.62 Å². The molecule has 0 aromatic carbocycles. The van der Waals surface area contributed by atoms with Gasteiger partial charge in [-0.2, -0.15) is 12.7 Å². The van der Waals surface area contributed by atoms with Crippen molar-refractivity contribution in [3.05, 3.63) is 0 Å². The normalized spacial score (nSPS) is 20.2. The molecule has 1 amide bonds. The van der Waals surface area contributed by atoms with E-state index in [1.165, 1.54) is 6.92 Å². The lowest BCUT2D eigenvalue weighted by molar-refractivity contribution is -0.120. The second-order valence-electron chi connectivity index (χ2n) is 2.76. The lowest BCUT2D eigenvalue weighted by atomic mass is 10.2. The molecule has 3 N–H and O–H groups in total. The molecule has 12 heavy (non-hydrogen) atoms. The van der Waals surface area contributed by atoms with E-state index in [0.29, 0.717) is 0 Å². The summed E-state index contributed by atoms with van der Waals surface area (Å²) in [5, 5.41) is 7.40. The second kappa shape index (κ2) is 3.00. The fourth-order valence-corrected chi connectivity index (χ4v) is 1.80. The Hall–Kier alpha value is -0.660. The van der Waals surface area contributed by atoms with Crippen LogP contribution in [-0.2, 0) is 15.0 Å². The van der Waals surface area contributed by atoms with Crippen LogP contribution in [0.2, 0.25) is 0 Å². The highest BCUT2D eigenvalue weighted by Crippen LogP contribution is 2.09. The van der Waals surface area contributed by atoms with Crippen LogP contribution in [-0.4, -0.2) is 37.8 Å². The maximum absolute atomic E-state index is 10.6. The van der Waals surface area contributed by atoms with E-state index in [1.807, 2.05) is 0 Å². The highest BCUT2D eigenvalue weighted by molar-refractivity contribution is 7.86. The monoisotopic (exact) mass is 193 g/mol. The Morgan fingerprint density at radius 1 is 1.58 bits per heavy atom. The molecule has 1 rings (SSSR count). The summed E-state index contributed by atoms with van der Waals surface area (Å²) < 4.78 is 22.4. The smallest absolute Gasteiger partial charge is 0.277 e. The van der Waals surface area contributed by atoms with E-state index in [0.717, 1.165) is 4.31 Å². The van der Waals surface area contributed by atoms with Crippen molar-refractivity contribution < 1.29 is 13.2 Å². The molecule has 1 heterocycles. The third kappa shape index (κ3) is 2.16. The number of nitrogens with one attached hydrogen (secondary N) is 1. The zero-order valence-electron chi connectivity index (χ0n) is 6.65. The number of rotatable bonds is 2. The van der Waals surface area contributed by atoms with E-state index in [4.69, 9.17) is 5.14 Å². The van der Waals surface area contributed by atoms with Crippen LogP contribution in [0.4, 0.5) is 0 Å². The van der Waals surface area contributed by atoms with Crippen molar-refractivity contribution in [3.63, 3.8) is 0 Å². The Morgan fingerprint density at radius 3 is 2.42 bits per heavy atom. The average molecular weight is 193 g/mol. The zero-order chi connectivity index (χ0) is 9.35. The summed E-state index contributed by atoms with van der Waals surface area (Å²) >= 11 is 0. The minimum Gasteiger partial charge on any atom is -0.351 e. The Morgan fingerprint density at radius 2 is 2.08 bits per heavy atom. The predicted molar refractivity (Wildman–Crippen MR) is 42.3 cm³/mol. The van der Waals surface area contributed by atoms with Crippen LogP contribution in [0.5, 0.6) is 0 Å². The molecule has 0 aliphatic carbocycles. The summed E-state index contributed by atoms with van der Waals surface area (Å²) in [5.41, 5.74) is 0. The molecule has 0 bridgehead atoms. The van der Waals surface area contributed by atoms with E-state index in [-0.39, 0.29) is 25.0 Å². The summed E-state index contributed by atoms with van der Waals surface area (Å²) in [6, 6.07) is -0.0826. The van der Waals surface area contributed by atoms with Crippen molar-refractivity contribution in [1.29, 1.82) is 0 Å². The molecule has 1 fully saturated rings. The molecule has 0 unspecified atom stereocenters. The molecule has 1 aliphatic rings. The van der Waals surface area contributed by atoms with Gasteiger partial charge in [0.05, 0.1) is 6.04 Å². The first-order valence-electron chi connectivity index (χ1n) is 3.44. The lowest BCUT2D eigenvalue weighted by Crippen LogP contribution is -2.61. The molecule has 6 nitrogen and oxygen atoms in total. The Balaban J connectivity index is 2.34. The van der Waals surface area contributed by atoms with E-state index in [2.05, 4.69) is 5.32 Å². The van der Waals surface area contributed by atoms with Crippen LogP contribution in [0.3, 0.4) is 0 Å². The van der Waals surface area contributed by atoms with Crippen molar-refractivity contribution in [2.45, 2.75) is 13.0 Å². The molecular weight excluding hydrogens is 182 g/mol. The van der Waals surface area contributed by atoms with E-state index in [9.17, 15) is 13.2 Å². The number of nitrogens with zero attached hydrogens (tertiary/aromatic N) is 1. The van der Waals surface area contributed by atoms with Gasteiger partial charge in [0.2, 0.25) is 5.91 Å². The van der Waals surface area contributed by atoms with Gasteiger partial charge in [0.25, 0.3) is 10.2 Å². The molecule has 0 atom stereocenters. The number of carbonyl (C=O) groups is 1. The molecule has 0 saturated carbocycles. The number of hydrogen-bond acceptors (Lipinski definition) is 3.